The zero-order valence-electron chi connectivity index (χ0n) is 9.62. The van der Waals surface area contributed by atoms with Gasteiger partial charge in [0.05, 0.1) is 5.69 Å². The zero-order chi connectivity index (χ0) is 11.1. The maximum Gasteiger partial charge on any atom is 0.0652 e. The Morgan fingerprint density at radius 2 is 1.80 bits per heavy atom. The lowest BCUT2D eigenvalue weighted by atomic mass is 10.1. The summed E-state index contributed by atoms with van der Waals surface area (Å²) in [5.41, 5.74) is 3.56. The van der Waals surface area contributed by atoms with Crippen LogP contribution < -0.4 is 0 Å². The molecule has 0 spiro atoms. The number of aromatic nitrogens is 2. The number of H-pyrrole nitrogens is 1. The van der Waals surface area contributed by atoms with Crippen LogP contribution in [0.5, 0.6) is 0 Å². The molecule has 2 aromatic rings. The topological polar surface area (TPSA) is 28.7 Å². The highest BCUT2D eigenvalue weighted by Gasteiger charge is 1.99. The van der Waals surface area contributed by atoms with Gasteiger partial charge in [0.2, 0.25) is 0 Å². The van der Waals surface area contributed by atoms with E-state index in [9.17, 15) is 0 Å². The molecule has 2 rings (SSSR count). The van der Waals surface area contributed by atoms with Crippen molar-refractivity contribution in [2.24, 2.45) is 0 Å². The minimum absolute atomic E-state index is 1.08. The van der Waals surface area contributed by atoms with E-state index in [1.807, 2.05) is 18.2 Å². The normalized spacial score (nSPS) is 9.27. The minimum Gasteiger partial charge on any atom is -0.278 e. The Kier molecular flexibility index (Phi) is 4.61. The Morgan fingerprint density at radius 1 is 1.13 bits per heavy atom. The van der Waals surface area contributed by atoms with Crippen molar-refractivity contribution < 1.29 is 0 Å². The first-order valence-corrected chi connectivity index (χ1v) is 5.35. The standard InChI is InChI=1S/C10H10N2.C3H8/c1-8-4-2-3-5-9(8)10-6-7-11-12-10;1-3-2/h2-7H,1H3,(H,11,12);3H2,1-2H3. The van der Waals surface area contributed by atoms with Crippen molar-refractivity contribution in [1.29, 1.82) is 0 Å². The van der Waals surface area contributed by atoms with Crippen molar-refractivity contribution in [3.8, 4) is 11.3 Å². The summed E-state index contributed by atoms with van der Waals surface area (Å²) in [7, 11) is 0. The fourth-order valence-electron chi connectivity index (χ4n) is 1.28. The largest absolute Gasteiger partial charge is 0.278 e. The van der Waals surface area contributed by atoms with Gasteiger partial charge in [0.1, 0.15) is 0 Å². The summed E-state index contributed by atoms with van der Waals surface area (Å²) < 4.78 is 0. The molecule has 0 amide bonds. The summed E-state index contributed by atoms with van der Waals surface area (Å²) in [5.74, 6) is 0. The van der Waals surface area contributed by atoms with E-state index in [2.05, 4.69) is 43.1 Å². The van der Waals surface area contributed by atoms with Gasteiger partial charge < -0.3 is 0 Å². The van der Waals surface area contributed by atoms with Crippen molar-refractivity contribution in [2.45, 2.75) is 27.2 Å². The Morgan fingerprint density at radius 3 is 2.33 bits per heavy atom. The van der Waals surface area contributed by atoms with Crippen LogP contribution in [0.2, 0.25) is 0 Å². The van der Waals surface area contributed by atoms with Crippen LogP contribution in [-0.2, 0) is 0 Å². The van der Waals surface area contributed by atoms with Crippen LogP contribution in [-0.4, -0.2) is 10.2 Å². The fourth-order valence-corrected chi connectivity index (χ4v) is 1.28. The zero-order valence-corrected chi connectivity index (χ0v) is 9.62. The molecular weight excluding hydrogens is 184 g/mol. The summed E-state index contributed by atoms with van der Waals surface area (Å²) in [4.78, 5) is 0. The minimum atomic E-state index is 1.08. The van der Waals surface area contributed by atoms with Gasteiger partial charge in [-0.2, -0.15) is 5.10 Å². The van der Waals surface area contributed by atoms with Crippen molar-refractivity contribution in [3.63, 3.8) is 0 Å². The van der Waals surface area contributed by atoms with Crippen molar-refractivity contribution >= 4 is 0 Å². The number of nitrogens with one attached hydrogen (secondary N) is 1. The van der Waals surface area contributed by atoms with Gasteiger partial charge in [-0.25, -0.2) is 0 Å². The summed E-state index contributed by atoms with van der Waals surface area (Å²) in [6, 6.07) is 10.2. The molecule has 0 aliphatic carbocycles. The average Bonchev–Trinajstić information content (AvgIpc) is 2.72. The SMILES string of the molecule is CCC.Cc1ccccc1-c1ccn[nH]1. The molecule has 2 nitrogen and oxygen atoms in total. The van der Waals surface area contributed by atoms with Gasteiger partial charge in [0.15, 0.2) is 0 Å². The van der Waals surface area contributed by atoms with Crippen LogP contribution >= 0.6 is 0 Å². The molecule has 2 heteroatoms. The van der Waals surface area contributed by atoms with Gasteiger partial charge in [-0.1, -0.05) is 44.5 Å². The lowest BCUT2D eigenvalue weighted by Gasteiger charge is -2.00. The van der Waals surface area contributed by atoms with Gasteiger partial charge in [0, 0.05) is 11.8 Å². The van der Waals surface area contributed by atoms with Crippen LogP contribution in [0.4, 0.5) is 0 Å². The summed E-state index contributed by atoms with van der Waals surface area (Å²) in [6.45, 7) is 6.34. The van der Waals surface area contributed by atoms with E-state index >= 15 is 0 Å². The summed E-state index contributed by atoms with van der Waals surface area (Å²) >= 11 is 0. The van der Waals surface area contributed by atoms with Gasteiger partial charge in [-0.15, -0.1) is 0 Å². The predicted octanol–water partition coefficient (Wildman–Crippen LogP) is 3.80. The molecule has 0 bridgehead atoms. The highest BCUT2D eigenvalue weighted by molar-refractivity contribution is 5.62. The highest BCUT2D eigenvalue weighted by Crippen LogP contribution is 2.19. The van der Waals surface area contributed by atoms with E-state index in [0.29, 0.717) is 0 Å². The van der Waals surface area contributed by atoms with E-state index in [1.165, 1.54) is 17.5 Å². The molecule has 1 aromatic heterocycles. The Bertz CT molecular complexity index is 377. The molecule has 1 heterocycles. The Hall–Kier alpha value is -1.57. The maximum atomic E-state index is 3.91. The third-order valence-corrected chi connectivity index (χ3v) is 1.94. The first-order valence-electron chi connectivity index (χ1n) is 5.35. The Labute approximate surface area is 91.4 Å². The van der Waals surface area contributed by atoms with Crippen LogP contribution in [0.25, 0.3) is 11.3 Å². The van der Waals surface area contributed by atoms with Gasteiger partial charge in [-0.05, 0) is 18.6 Å². The second-order valence-electron chi connectivity index (χ2n) is 3.49. The van der Waals surface area contributed by atoms with E-state index < -0.39 is 0 Å². The highest BCUT2D eigenvalue weighted by atomic mass is 15.1. The van der Waals surface area contributed by atoms with E-state index in [4.69, 9.17) is 0 Å². The molecule has 1 N–H and O–H groups in total. The van der Waals surface area contributed by atoms with E-state index in [0.717, 1.165) is 5.69 Å². The molecule has 80 valence electrons. The lowest BCUT2D eigenvalue weighted by molar-refractivity contribution is 1.09. The van der Waals surface area contributed by atoms with E-state index in [1.54, 1.807) is 6.20 Å². The predicted molar refractivity (Wildman–Crippen MR) is 64.7 cm³/mol. The van der Waals surface area contributed by atoms with Crippen molar-refractivity contribution in [1.82, 2.24) is 10.2 Å². The third-order valence-electron chi connectivity index (χ3n) is 1.94. The average molecular weight is 202 g/mol. The fraction of sp³-hybridized carbons (Fsp3) is 0.308. The number of hydrogen-bond donors (Lipinski definition) is 1. The van der Waals surface area contributed by atoms with Crippen LogP contribution in [0.1, 0.15) is 25.8 Å². The van der Waals surface area contributed by atoms with E-state index in [-0.39, 0.29) is 0 Å². The first kappa shape index (κ1) is 11.5. The second-order valence-corrected chi connectivity index (χ2v) is 3.49. The molecule has 0 atom stereocenters. The smallest absolute Gasteiger partial charge is 0.0652 e. The molecule has 0 fully saturated rings. The van der Waals surface area contributed by atoms with Gasteiger partial charge in [0.25, 0.3) is 0 Å². The van der Waals surface area contributed by atoms with Gasteiger partial charge in [-0.3, -0.25) is 5.10 Å². The molecule has 0 unspecified atom stereocenters. The Balaban J connectivity index is 0.000000337. The number of rotatable bonds is 1. The van der Waals surface area contributed by atoms with Crippen LogP contribution in [0, 0.1) is 6.92 Å². The lowest BCUT2D eigenvalue weighted by Crippen LogP contribution is -1.81. The number of benzene rings is 1. The second kappa shape index (κ2) is 6.02. The third kappa shape index (κ3) is 3.24. The van der Waals surface area contributed by atoms with Crippen LogP contribution in [0.15, 0.2) is 36.5 Å². The number of aromatic amines is 1. The molecule has 0 saturated carbocycles. The van der Waals surface area contributed by atoms with Gasteiger partial charge >= 0.3 is 0 Å². The quantitative estimate of drug-likeness (QED) is 0.748. The number of hydrogen-bond acceptors (Lipinski definition) is 1. The molecule has 15 heavy (non-hydrogen) atoms. The van der Waals surface area contributed by atoms with Crippen molar-refractivity contribution in [2.75, 3.05) is 0 Å². The van der Waals surface area contributed by atoms with Crippen molar-refractivity contribution in [3.05, 3.63) is 42.1 Å². The molecule has 0 radical (unpaired) electrons. The molecule has 1 aromatic carbocycles. The van der Waals surface area contributed by atoms with Crippen LogP contribution in [0.3, 0.4) is 0 Å². The first-order chi connectivity index (χ1) is 7.29. The molecular formula is C13H18N2. The number of nitrogens with zero attached hydrogens (tertiary/aromatic N) is 1. The number of aryl methyl sites for hydroxylation is 1. The monoisotopic (exact) mass is 202 g/mol. The summed E-state index contributed by atoms with van der Waals surface area (Å²) in [5, 5.41) is 6.86. The molecule has 0 aliphatic heterocycles. The summed E-state index contributed by atoms with van der Waals surface area (Å²) in [6.07, 6.45) is 3.02. The maximum absolute atomic E-state index is 3.91. The molecule has 0 saturated heterocycles. The molecule has 0 aliphatic rings.